The summed E-state index contributed by atoms with van der Waals surface area (Å²) in [5.41, 5.74) is 2.50. The average molecular weight is 599 g/mol. The van der Waals surface area contributed by atoms with E-state index in [1.807, 2.05) is 17.0 Å². The van der Waals surface area contributed by atoms with Crippen molar-refractivity contribution in [3.8, 4) is 0 Å². The molecule has 3 atom stereocenters. The first-order valence-electron chi connectivity index (χ1n) is 14.3. The molecule has 1 aliphatic heterocycles. The Labute approximate surface area is 251 Å². The third-order valence-electron chi connectivity index (χ3n) is 7.34. The van der Waals surface area contributed by atoms with Crippen LogP contribution in [0.15, 0.2) is 47.5 Å². The van der Waals surface area contributed by atoms with Crippen LogP contribution in [0.2, 0.25) is 10.0 Å². The van der Waals surface area contributed by atoms with Crippen LogP contribution in [0.4, 0.5) is 0 Å². The number of rotatable bonds is 14. The summed E-state index contributed by atoms with van der Waals surface area (Å²) in [6.07, 6.45) is 6.47. The Morgan fingerprint density at radius 1 is 1.05 bits per heavy atom. The van der Waals surface area contributed by atoms with Crippen molar-refractivity contribution in [2.45, 2.75) is 84.5 Å². The highest BCUT2D eigenvalue weighted by Gasteiger charge is 2.40. The molecule has 2 heterocycles. The monoisotopic (exact) mass is 597 g/mol. The van der Waals surface area contributed by atoms with Crippen molar-refractivity contribution in [1.29, 1.82) is 0 Å². The first-order valence-corrected chi connectivity index (χ1v) is 15.0. The van der Waals surface area contributed by atoms with Crippen molar-refractivity contribution < 1.29 is 9.59 Å². The van der Waals surface area contributed by atoms with E-state index in [2.05, 4.69) is 46.7 Å². The number of hydrogen-bond acceptors (Lipinski definition) is 6. The molecule has 2 N–H and O–H groups in total. The molecule has 0 saturated heterocycles. The Bertz CT molecular complexity index is 1330. The summed E-state index contributed by atoms with van der Waals surface area (Å²) < 4.78 is 0. The second-order valence-corrected chi connectivity index (χ2v) is 11.5. The highest BCUT2D eigenvalue weighted by atomic mass is 35.5. The molecule has 0 radical (unpaired) electrons. The Balaban J connectivity index is 1.63. The van der Waals surface area contributed by atoms with E-state index in [-0.39, 0.29) is 30.6 Å². The normalized spacial score (nSPS) is 16.5. The molecule has 3 unspecified atom stereocenters. The summed E-state index contributed by atoms with van der Waals surface area (Å²) in [6.45, 7) is 6.72. The maximum atomic E-state index is 14.1. The van der Waals surface area contributed by atoms with Gasteiger partial charge in [0.25, 0.3) is 11.8 Å². The van der Waals surface area contributed by atoms with E-state index in [1.165, 1.54) is 0 Å². The first-order chi connectivity index (χ1) is 19.8. The second-order valence-electron chi connectivity index (χ2n) is 10.6. The SMILES string of the molecule is CCCCCC(c1ccc(C(=O)NCc2nn[nH]n2)cc1)N1C(=O)C(c2cc(Cl)cc(Cl)c2)=NC1CC(C)CCC. The number of tetrazole rings is 1. The number of halogens is 2. The van der Waals surface area contributed by atoms with Crippen molar-refractivity contribution in [3.05, 3.63) is 75.0 Å². The van der Waals surface area contributed by atoms with Gasteiger partial charge in [-0.1, -0.05) is 93.4 Å². The van der Waals surface area contributed by atoms with Crippen LogP contribution in [0.5, 0.6) is 0 Å². The number of H-pyrrole nitrogens is 1. The minimum absolute atomic E-state index is 0.125. The lowest BCUT2D eigenvalue weighted by Gasteiger charge is -2.34. The fourth-order valence-corrected chi connectivity index (χ4v) is 5.85. The predicted molar refractivity (Wildman–Crippen MR) is 161 cm³/mol. The van der Waals surface area contributed by atoms with Crippen LogP contribution in [0.3, 0.4) is 0 Å². The fraction of sp³-hybridized carbons (Fsp3) is 0.467. The van der Waals surface area contributed by atoms with E-state index in [9.17, 15) is 9.59 Å². The number of nitrogens with one attached hydrogen (secondary N) is 2. The number of aliphatic imine (C=N–C) groups is 1. The number of aromatic nitrogens is 4. The van der Waals surface area contributed by atoms with Crippen LogP contribution >= 0.6 is 23.2 Å². The zero-order chi connectivity index (χ0) is 29.4. The summed E-state index contributed by atoms with van der Waals surface area (Å²) in [7, 11) is 0. The minimum atomic E-state index is -0.304. The molecular formula is C30H37Cl2N7O2. The third kappa shape index (κ3) is 7.92. The summed E-state index contributed by atoms with van der Waals surface area (Å²) in [4.78, 5) is 33.8. The maximum absolute atomic E-state index is 14.1. The number of benzene rings is 2. The maximum Gasteiger partial charge on any atom is 0.274 e. The van der Waals surface area contributed by atoms with Gasteiger partial charge < -0.3 is 10.2 Å². The van der Waals surface area contributed by atoms with E-state index in [4.69, 9.17) is 28.2 Å². The number of carbonyl (C=O) groups is 2. The van der Waals surface area contributed by atoms with Gasteiger partial charge >= 0.3 is 0 Å². The lowest BCUT2D eigenvalue weighted by Crippen LogP contribution is -2.40. The molecule has 2 aromatic carbocycles. The average Bonchev–Trinajstić information content (AvgIpc) is 3.58. The van der Waals surface area contributed by atoms with E-state index in [0.717, 1.165) is 50.5 Å². The smallest absolute Gasteiger partial charge is 0.274 e. The molecular weight excluding hydrogens is 561 g/mol. The van der Waals surface area contributed by atoms with E-state index in [0.29, 0.717) is 38.6 Å². The van der Waals surface area contributed by atoms with Gasteiger partial charge in [0.05, 0.1) is 12.6 Å². The molecule has 9 nitrogen and oxygen atoms in total. The summed E-state index contributed by atoms with van der Waals surface area (Å²) >= 11 is 12.6. The van der Waals surface area contributed by atoms with E-state index < -0.39 is 0 Å². The number of unbranched alkanes of at least 4 members (excludes halogenated alkanes) is 2. The Kier molecular flexibility index (Phi) is 10.9. The quantitative estimate of drug-likeness (QED) is 0.205. The molecule has 0 fully saturated rings. The van der Waals surface area contributed by atoms with Gasteiger partial charge in [-0.05, 0) is 54.7 Å². The van der Waals surface area contributed by atoms with Crippen LogP contribution in [0, 0.1) is 5.92 Å². The van der Waals surface area contributed by atoms with Gasteiger partial charge in [0.15, 0.2) is 5.82 Å². The van der Waals surface area contributed by atoms with Gasteiger partial charge in [-0.2, -0.15) is 5.21 Å². The number of carbonyl (C=O) groups excluding carboxylic acids is 2. The molecule has 0 bridgehead atoms. The van der Waals surface area contributed by atoms with Crippen LogP contribution in [0.1, 0.15) is 99.1 Å². The molecule has 3 aromatic rings. The van der Waals surface area contributed by atoms with Crippen LogP contribution in [0.25, 0.3) is 0 Å². The second kappa shape index (κ2) is 14.5. The standard InChI is InChI=1S/C30H37Cl2N7O2/c1-4-6-7-9-25(20-10-12-21(13-11-20)29(40)33-18-26-35-37-38-36-26)39-27(14-19(3)8-5-2)34-28(30(39)41)22-15-23(31)17-24(32)16-22/h10-13,15-17,19,25,27H,4-9,14,18H2,1-3H3,(H,33,40)(H,35,36,37,38). The Morgan fingerprint density at radius 3 is 2.41 bits per heavy atom. The van der Waals surface area contributed by atoms with Gasteiger partial charge in [-0.3, -0.25) is 14.6 Å². The lowest BCUT2D eigenvalue weighted by molar-refractivity contribution is -0.127. The van der Waals surface area contributed by atoms with E-state index >= 15 is 0 Å². The molecule has 2 amide bonds. The third-order valence-corrected chi connectivity index (χ3v) is 7.77. The van der Waals surface area contributed by atoms with Crippen molar-refractivity contribution in [1.82, 2.24) is 30.8 Å². The topological polar surface area (TPSA) is 116 Å². The molecule has 0 saturated carbocycles. The molecule has 4 rings (SSSR count). The zero-order valence-corrected chi connectivity index (χ0v) is 25.3. The van der Waals surface area contributed by atoms with Gasteiger partial charge in [-0.15, -0.1) is 10.2 Å². The number of nitrogens with zero attached hydrogens (tertiary/aromatic N) is 5. The molecule has 218 valence electrons. The van der Waals surface area contributed by atoms with Crippen LogP contribution < -0.4 is 5.32 Å². The lowest BCUT2D eigenvalue weighted by atomic mass is 9.94. The fourth-order valence-electron chi connectivity index (χ4n) is 5.33. The summed E-state index contributed by atoms with van der Waals surface area (Å²) in [6, 6.07) is 12.4. The Hall–Kier alpha value is -3.30. The van der Waals surface area contributed by atoms with Crippen molar-refractivity contribution in [2.75, 3.05) is 0 Å². The van der Waals surface area contributed by atoms with Crippen molar-refractivity contribution in [3.63, 3.8) is 0 Å². The molecule has 1 aliphatic rings. The molecule has 0 spiro atoms. The molecule has 11 heteroatoms. The van der Waals surface area contributed by atoms with Crippen LogP contribution in [-0.2, 0) is 11.3 Å². The van der Waals surface area contributed by atoms with E-state index in [1.54, 1.807) is 30.3 Å². The number of amides is 2. The zero-order valence-electron chi connectivity index (χ0n) is 23.7. The molecule has 0 aliphatic carbocycles. The van der Waals surface area contributed by atoms with Crippen LogP contribution in [-0.4, -0.2) is 49.2 Å². The number of aromatic amines is 1. The molecule has 1 aromatic heterocycles. The summed E-state index contributed by atoms with van der Waals surface area (Å²) in [5, 5.41) is 17.3. The largest absolute Gasteiger partial charge is 0.345 e. The molecule has 41 heavy (non-hydrogen) atoms. The highest BCUT2D eigenvalue weighted by molar-refractivity contribution is 6.47. The van der Waals surface area contributed by atoms with Gasteiger partial charge in [0.2, 0.25) is 0 Å². The van der Waals surface area contributed by atoms with Gasteiger partial charge in [0, 0.05) is 21.2 Å². The van der Waals surface area contributed by atoms with Crippen molar-refractivity contribution >= 4 is 40.7 Å². The van der Waals surface area contributed by atoms with Crippen molar-refractivity contribution in [2.24, 2.45) is 10.9 Å². The van der Waals surface area contributed by atoms with Gasteiger partial charge in [0.1, 0.15) is 11.9 Å². The van der Waals surface area contributed by atoms with Gasteiger partial charge in [-0.25, -0.2) is 0 Å². The highest BCUT2D eigenvalue weighted by Crippen LogP contribution is 2.36. The summed E-state index contributed by atoms with van der Waals surface area (Å²) in [5.74, 6) is 0.433. The first kappa shape index (κ1) is 30.7. The predicted octanol–water partition coefficient (Wildman–Crippen LogP) is 6.54. The minimum Gasteiger partial charge on any atom is -0.345 e. The Morgan fingerprint density at radius 2 is 1.78 bits per heavy atom. The number of hydrogen-bond donors (Lipinski definition) is 2.